The molecular weight excluding hydrogens is 195 g/mol. The van der Waals surface area contributed by atoms with Gasteiger partial charge < -0.3 is 10.1 Å². The zero-order valence-electron chi connectivity index (χ0n) is 9.03. The predicted molar refractivity (Wildman–Crippen MR) is 49.2 cm³/mol. The Morgan fingerprint density at radius 3 is 2.07 bits per heavy atom. The molecule has 0 amide bonds. The fourth-order valence-electron chi connectivity index (χ4n) is 0.746. The second kappa shape index (κ2) is 4.98. The molecule has 1 N–H and O–H groups in total. The Morgan fingerprint density at radius 1 is 1.21 bits per heavy atom. The van der Waals surface area contributed by atoms with Crippen molar-refractivity contribution in [2.24, 2.45) is 0 Å². The zero-order valence-corrected chi connectivity index (χ0v) is 9.03. The van der Waals surface area contributed by atoms with Gasteiger partial charge in [-0.25, -0.2) is 0 Å². The van der Waals surface area contributed by atoms with Crippen molar-refractivity contribution in [3.05, 3.63) is 0 Å². The van der Waals surface area contributed by atoms with Crippen LogP contribution in [-0.4, -0.2) is 31.0 Å². The van der Waals surface area contributed by atoms with Crippen LogP contribution in [0.25, 0.3) is 0 Å². The molecule has 0 aromatic rings. The highest BCUT2D eigenvalue weighted by Crippen LogP contribution is 2.15. The van der Waals surface area contributed by atoms with Gasteiger partial charge in [0.2, 0.25) is 0 Å². The van der Waals surface area contributed by atoms with Gasteiger partial charge in [0.25, 0.3) is 0 Å². The van der Waals surface area contributed by atoms with Crippen molar-refractivity contribution >= 4 is 0 Å². The van der Waals surface area contributed by atoms with Crippen LogP contribution in [-0.2, 0) is 4.74 Å². The third-order valence-electron chi connectivity index (χ3n) is 1.45. The summed E-state index contributed by atoms with van der Waals surface area (Å²) in [6, 6.07) is 0. The van der Waals surface area contributed by atoms with Crippen LogP contribution in [0.15, 0.2) is 0 Å². The first kappa shape index (κ1) is 13.7. The SMILES string of the molecule is CC(CNC(C)(C)C)OCC(F)(F)F. The van der Waals surface area contributed by atoms with Crippen molar-refractivity contribution in [2.45, 2.75) is 45.5 Å². The number of rotatable bonds is 4. The molecule has 0 aromatic carbocycles. The molecule has 1 atom stereocenters. The molecule has 0 bridgehead atoms. The zero-order chi connectivity index (χ0) is 11.4. The van der Waals surface area contributed by atoms with E-state index in [0.717, 1.165) is 0 Å². The molecule has 86 valence electrons. The van der Waals surface area contributed by atoms with E-state index in [0.29, 0.717) is 6.54 Å². The highest BCUT2D eigenvalue weighted by Gasteiger charge is 2.28. The summed E-state index contributed by atoms with van der Waals surface area (Å²) in [6.45, 7) is 6.69. The van der Waals surface area contributed by atoms with E-state index in [-0.39, 0.29) is 5.54 Å². The highest BCUT2D eigenvalue weighted by molar-refractivity contribution is 4.71. The molecule has 14 heavy (non-hydrogen) atoms. The number of ether oxygens (including phenoxy) is 1. The fraction of sp³-hybridized carbons (Fsp3) is 1.00. The van der Waals surface area contributed by atoms with E-state index in [2.05, 4.69) is 10.1 Å². The van der Waals surface area contributed by atoms with Gasteiger partial charge >= 0.3 is 6.18 Å². The second-order valence-electron chi connectivity index (χ2n) is 4.37. The number of halogens is 3. The summed E-state index contributed by atoms with van der Waals surface area (Å²) < 4.78 is 39.8. The minimum absolute atomic E-state index is 0.101. The molecule has 0 spiro atoms. The van der Waals surface area contributed by atoms with Gasteiger partial charge in [0.15, 0.2) is 0 Å². The van der Waals surface area contributed by atoms with Crippen LogP contribution >= 0.6 is 0 Å². The second-order valence-corrected chi connectivity index (χ2v) is 4.37. The van der Waals surface area contributed by atoms with Gasteiger partial charge in [-0.15, -0.1) is 0 Å². The van der Waals surface area contributed by atoms with Crippen molar-refractivity contribution in [1.29, 1.82) is 0 Å². The van der Waals surface area contributed by atoms with E-state index in [1.54, 1.807) is 6.92 Å². The maximum absolute atomic E-state index is 11.7. The van der Waals surface area contributed by atoms with Gasteiger partial charge in [-0.1, -0.05) is 0 Å². The van der Waals surface area contributed by atoms with Gasteiger partial charge in [0, 0.05) is 12.1 Å². The van der Waals surface area contributed by atoms with E-state index in [1.807, 2.05) is 20.8 Å². The molecule has 0 radical (unpaired) electrons. The lowest BCUT2D eigenvalue weighted by molar-refractivity contribution is -0.183. The number of nitrogens with one attached hydrogen (secondary N) is 1. The predicted octanol–water partition coefficient (Wildman–Crippen LogP) is 2.34. The van der Waals surface area contributed by atoms with E-state index in [1.165, 1.54) is 0 Å². The Kier molecular flexibility index (Phi) is 4.88. The van der Waals surface area contributed by atoms with Crippen molar-refractivity contribution in [3.63, 3.8) is 0 Å². The number of hydrogen-bond acceptors (Lipinski definition) is 2. The smallest absolute Gasteiger partial charge is 0.368 e. The first-order valence-electron chi connectivity index (χ1n) is 4.53. The Labute approximate surface area is 82.8 Å². The number of hydrogen-bond donors (Lipinski definition) is 1. The molecule has 0 heterocycles. The average molecular weight is 213 g/mol. The van der Waals surface area contributed by atoms with Crippen molar-refractivity contribution in [3.8, 4) is 0 Å². The molecule has 0 aromatic heterocycles. The molecule has 0 saturated heterocycles. The van der Waals surface area contributed by atoms with Gasteiger partial charge in [-0.05, 0) is 27.7 Å². The molecule has 0 aliphatic rings. The van der Waals surface area contributed by atoms with E-state index in [9.17, 15) is 13.2 Å². The lowest BCUT2D eigenvalue weighted by Crippen LogP contribution is -2.41. The Bertz CT molecular complexity index is 144. The highest BCUT2D eigenvalue weighted by atomic mass is 19.4. The van der Waals surface area contributed by atoms with Crippen LogP contribution in [0, 0.1) is 0 Å². The Morgan fingerprint density at radius 2 is 1.71 bits per heavy atom. The first-order chi connectivity index (χ1) is 6.10. The summed E-state index contributed by atoms with van der Waals surface area (Å²) in [4.78, 5) is 0. The summed E-state index contributed by atoms with van der Waals surface area (Å²) in [5, 5.41) is 3.07. The Balaban J connectivity index is 3.62. The molecule has 0 saturated carbocycles. The quantitative estimate of drug-likeness (QED) is 0.774. The molecule has 0 rings (SSSR count). The van der Waals surface area contributed by atoms with Crippen LogP contribution in [0.3, 0.4) is 0 Å². The molecular formula is C9H18F3NO. The van der Waals surface area contributed by atoms with E-state index in [4.69, 9.17) is 0 Å². The van der Waals surface area contributed by atoms with Crippen molar-refractivity contribution in [1.82, 2.24) is 5.32 Å². The number of alkyl halides is 3. The molecule has 2 nitrogen and oxygen atoms in total. The summed E-state index contributed by atoms with van der Waals surface area (Å²) in [6.07, 6.45) is -4.67. The molecule has 5 heteroatoms. The van der Waals surface area contributed by atoms with Crippen LogP contribution < -0.4 is 5.32 Å². The molecule has 0 aliphatic carbocycles. The van der Waals surface area contributed by atoms with Gasteiger partial charge in [-0.2, -0.15) is 13.2 Å². The summed E-state index contributed by atoms with van der Waals surface area (Å²) in [5.74, 6) is 0. The monoisotopic (exact) mass is 213 g/mol. The largest absolute Gasteiger partial charge is 0.411 e. The van der Waals surface area contributed by atoms with Crippen molar-refractivity contribution < 1.29 is 17.9 Å². The fourth-order valence-corrected chi connectivity index (χ4v) is 0.746. The lowest BCUT2D eigenvalue weighted by Gasteiger charge is -2.23. The summed E-state index contributed by atoms with van der Waals surface area (Å²) in [5.41, 5.74) is -0.101. The van der Waals surface area contributed by atoms with Gasteiger partial charge in [0.1, 0.15) is 6.61 Å². The minimum Gasteiger partial charge on any atom is -0.368 e. The van der Waals surface area contributed by atoms with Crippen LogP contribution in [0.5, 0.6) is 0 Å². The topological polar surface area (TPSA) is 21.3 Å². The van der Waals surface area contributed by atoms with Gasteiger partial charge in [-0.3, -0.25) is 0 Å². The van der Waals surface area contributed by atoms with E-state index >= 15 is 0 Å². The van der Waals surface area contributed by atoms with Crippen LogP contribution in [0.1, 0.15) is 27.7 Å². The minimum atomic E-state index is -4.24. The summed E-state index contributed by atoms with van der Waals surface area (Å²) >= 11 is 0. The molecule has 0 fully saturated rings. The normalized spacial score (nSPS) is 15.6. The van der Waals surface area contributed by atoms with Crippen LogP contribution in [0.4, 0.5) is 13.2 Å². The third-order valence-corrected chi connectivity index (χ3v) is 1.45. The lowest BCUT2D eigenvalue weighted by atomic mass is 10.1. The molecule has 0 aliphatic heterocycles. The summed E-state index contributed by atoms with van der Waals surface area (Å²) in [7, 11) is 0. The molecule has 1 unspecified atom stereocenters. The van der Waals surface area contributed by atoms with Crippen molar-refractivity contribution in [2.75, 3.05) is 13.2 Å². The van der Waals surface area contributed by atoms with Crippen LogP contribution in [0.2, 0.25) is 0 Å². The standard InChI is InChI=1S/C9H18F3NO/c1-7(5-13-8(2,3)4)14-6-9(10,11)12/h7,13H,5-6H2,1-4H3. The van der Waals surface area contributed by atoms with Gasteiger partial charge in [0.05, 0.1) is 6.10 Å². The Hall–Kier alpha value is -0.290. The van der Waals surface area contributed by atoms with E-state index < -0.39 is 18.9 Å². The maximum Gasteiger partial charge on any atom is 0.411 e. The maximum atomic E-state index is 11.7. The average Bonchev–Trinajstić information content (AvgIpc) is 1.94. The third kappa shape index (κ3) is 9.80. The first-order valence-corrected chi connectivity index (χ1v) is 4.53.